The fraction of sp³-hybridized carbons (Fsp3) is 0.269. The van der Waals surface area contributed by atoms with Gasteiger partial charge in [-0.15, -0.1) is 0 Å². The number of hydrogen-bond donors (Lipinski definition) is 4. The summed E-state index contributed by atoms with van der Waals surface area (Å²) in [6.07, 6.45) is 1.72. The van der Waals surface area contributed by atoms with Crippen LogP contribution in [0.5, 0.6) is 0 Å². The maximum absolute atomic E-state index is 12.4. The van der Waals surface area contributed by atoms with Crippen LogP contribution >= 0.6 is 0 Å². The van der Waals surface area contributed by atoms with Crippen LogP contribution in [0.25, 0.3) is 0 Å². The summed E-state index contributed by atoms with van der Waals surface area (Å²) in [5.41, 5.74) is 12.0. The molecule has 0 fully saturated rings. The van der Waals surface area contributed by atoms with Gasteiger partial charge in [-0.1, -0.05) is 43.3 Å². The Morgan fingerprint density at radius 2 is 1.69 bits per heavy atom. The van der Waals surface area contributed by atoms with Crippen LogP contribution in [0.3, 0.4) is 0 Å². The van der Waals surface area contributed by atoms with Gasteiger partial charge >= 0.3 is 35.6 Å². The molecule has 0 spiro atoms. The topological polar surface area (TPSA) is 117 Å². The van der Waals surface area contributed by atoms with Crippen molar-refractivity contribution in [1.29, 1.82) is 0 Å². The first-order valence-corrected chi connectivity index (χ1v) is 13.1. The molecule has 36 heavy (non-hydrogen) atoms. The molecule has 5 N–H and O–H groups in total. The van der Waals surface area contributed by atoms with E-state index in [-0.39, 0.29) is 40.6 Å². The van der Waals surface area contributed by atoms with E-state index in [9.17, 15) is 13.2 Å². The summed E-state index contributed by atoms with van der Waals surface area (Å²) >= 11 is 0. The fourth-order valence-corrected chi connectivity index (χ4v) is 5.14. The van der Waals surface area contributed by atoms with Crippen molar-refractivity contribution in [3.05, 3.63) is 83.4 Å². The van der Waals surface area contributed by atoms with Gasteiger partial charge in [-0.25, -0.2) is 17.9 Å². The van der Waals surface area contributed by atoms with Crippen molar-refractivity contribution in [2.24, 2.45) is 5.73 Å². The molecule has 0 saturated heterocycles. The number of anilines is 3. The van der Waals surface area contributed by atoms with Gasteiger partial charge in [0.15, 0.2) is 0 Å². The predicted molar refractivity (Wildman–Crippen MR) is 146 cm³/mol. The van der Waals surface area contributed by atoms with Gasteiger partial charge in [-0.3, -0.25) is 0 Å². The van der Waals surface area contributed by atoms with E-state index in [0.717, 1.165) is 23.2 Å². The fourth-order valence-electron chi connectivity index (χ4n) is 4.21. The van der Waals surface area contributed by atoms with E-state index in [0.29, 0.717) is 19.5 Å². The number of rotatable bonds is 8. The standard InChI is InChI=1S/C26H31N5O3S.Na.H/c1-3-24-29-25-18(2)5-4-6-23(25)31(24)21-11-7-19(8-12-21)15-16-28-26(32)30-35(33,34)22-13-9-20(17-27)10-14-22;;/h4-14,24,29H,3,15-17,27H2,1-2H3,(H2,28,30,32);;. The van der Waals surface area contributed by atoms with Crippen LogP contribution in [0.2, 0.25) is 0 Å². The molecule has 2 amide bonds. The number of sulfonamides is 1. The van der Waals surface area contributed by atoms with Crippen LogP contribution in [0.1, 0.15) is 30.0 Å². The number of aryl methyl sites for hydroxylation is 1. The molecule has 0 aromatic heterocycles. The second-order valence-corrected chi connectivity index (χ2v) is 10.2. The van der Waals surface area contributed by atoms with Crippen LogP contribution in [-0.4, -0.2) is 56.7 Å². The Kier molecular flexibility index (Phi) is 9.43. The molecule has 0 aliphatic carbocycles. The molecule has 10 heteroatoms. The number of nitrogens with two attached hydrogens (primary N) is 1. The third-order valence-electron chi connectivity index (χ3n) is 6.13. The van der Waals surface area contributed by atoms with Gasteiger partial charge in [-0.2, -0.15) is 0 Å². The summed E-state index contributed by atoms with van der Waals surface area (Å²) in [6.45, 7) is 4.89. The molecule has 1 aliphatic rings. The van der Waals surface area contributed by atoms with Crippen LogP contribution in [-0.2, 0) is 23.0 Å². The molecule has 0 saturated carbocycles. The minimum atomic E-state index is -3.94. The number of hydrogen-bond acceptors (Lipinski definition) is 6. The summed E-state index contributed by atoms with van der Waals surface area (Å²) in [7, 11) is -3.94. The van der Waals surface area contributed by atoms with Crippen molar-refractivity contribution in [3.8, 4) is 0 Å². The minimum absolute atomic E-state index is 0. The number of nitrogens with zero attached hydrogens (tertiary/aromatic N) is 1. The molecule has 8 nitrogen and oxygen atoms in total. The van der Waals surface area contributed by atoms with Gasteiger partial charge in [0, 0.05) is 18.8 Å². The Morgan fingerprint density at radius 1 is 1.03 bits per heavy atom. The average Bonchev–Trinajstić information content (AvgIpc) is 3.24. The molecule has 1 unspecified atom stereocenters. The van der Waals surface area contributed by atoms with Gasteiger partial charge in [0.25, 0.3) is 10.0 Å². The molecule has 3 aromatic rings. The number of para-hydroxylation sites is 1. The third-order valence-corrected chi connectivity index (χ3v) is 7.48. The molecule has 3 aromatic carbocycles. The SMILES string of the molecule is CCC1Nc2c(C)cccc2N1c1ccc(CCNC(=O)NS(=O)(=O)c2ccc(CN)cc2)cc1.[NaH]. The number of nitrogens with one attached hydrogen (secondary N) is 3. The Morgan fingerprint density at radius 3 is 2.33 bits per heavy atom. The van der Waals surface area contributed by atoms with Crippen molar-refractivity contribution < 1.29 is 13.2 Å². The zero-order valence-corrected chi connectivity index (χ0v) is 20.7. The molecule has 186 valence electrons. The van der Waals surface area contributed by atoms with Crippen molar-refractivity contribution >= 4 is 62.7 Å². The van der Waals surface area contributed by atoms with E-state index in [1.807, 2.05) is 16.9 Å². The summed E-state index contributed by atoms with van der Waals surface area (Å²) in [5.74, 6) is 0. The van der Waals surface area contributed by atoms with Gasteiger partial charge in [0.1, 0.15) is 6.17 Å². The molecule has 1 heterocycles. The van der Waals surface area contributed by atoms with E-state index in [1.54, 1.807) is 12.1 Å². The van der Waals surface area contributed by atoms with E-state index in [1.165, 1.54) is 29.1 Å². The Bertz CT molecular complexity index is 1300. The first-order valence-electron chi connectivity index (χ1n) is 11.7. The number of amides is 2. The van der Waals surface area contributed by atoms with E-state index in [4.69, 9.17) is 5.73 Å². The first-order chi connectivity index (χ1) is 16.8. The summed E-state index contributed by atoms with van der Waals surface area (Å²) in [6, 6.07) is 19.9. The number of carbonyl (C=O) groups is 1. The Labute approximate surface area is 235 Å². The van der Waals surface area contributed by atoms with Gasteiger partial charge in [-0.05, 0) is 66.8 Å². The third kappa shape index (κ3) is 6.22. The van der Waals surface area contributed by atoms with Gasteiger partial charge < -0.3 is 21.3 Å². The molecule has 4 rings (SSSR count). The second-order valence-electron chi connectivity index (χ2n) is 8.53. The molecule has 0 bridgehead atoms. The number of benzene rings is 3. The van der Waals surface area contributed by atoms with Crippen LogP contribution in [0, 0.1) is 6.92 Å². The second kappa shape index (κ2) is 12.1. The number of urea groups is 1. The molecule has 1 atom stereocenters. The van der Waals surface area contributed by atoms with Crippen LogP contribution in [0.15, 0.2) is 71.6 Å². The molecular weight excluding hydrogens is 485 g/mol. The van der Waals surface area contributed by atoms with Crippen LogP contribution in [0.4, 0.5) is 21.9 Å². The number of fused-ring (bicyclic) bond motifs is 1. The number of carbonyl (C=O) groups excluding carboxylic acids is 1. The van der Waals surface area contributed by atoms with E-state index >= 15 is 0 Å². The zero-order valence-electron chi connectivity index (χ0n) is 19.9. The van der Waals surface area contributed by atoms with Crippen molar-refractivity contribution in [2.45, 2.75) is 44.3 Å². The predicted octanol–water partition coefficient (Wildman–Crippen LogP) is 3.34. The van der Waals surface area contributed by atoms with E-state index < -0.39 is 16.1 Å². The van der Waals surface area contributed by atoms with Gasteiger partial charge in [0.2, 0.25) is 0 Å². The molecule has 1 aliphatic heterocycles. The Hall–Kier alpha value is -2.56. The Balaban J connectivity index is 0.00000361. The zero-order chi connectivity index (χ0) is 25.0. The maximum atomic E-state index is 12.4. The summed E-state index contributed by atoms with van der Waals surface area (Å²) in [4.78, 5) is 14.5. The summed E-state index contributed by atoms with van der Waals surface area (Å²) in [5, 5.41) is 6.23. The first kappa shape index (κ1) is 28.0. The van der Waals surface area contributed by atoms with E-state index in [2.05, 4.69) is 59.7 Å². The molecular formula is C26H32N5NaO3S. The average molecular weight is 518 g/mol. The van der Waals surface area contributed by atoms with Crippen molar-refractivity contribution in [3.63, 3.8) is 0 Å². The van der Waals surface area contributed by atoms with Crippen molar-refractivity contribution in [1.82, 2.24) is 10.0 Å². The quantitative estimate of drug-likeness (QED) is 0.341. The van der Waals surface area contributed by atoms with Crippen LogP contribution < -0.4 is 26.0 Å². The summed E-state index contributed by atoms with van der Waals surface area (Å²) < 4.78 is 26.8. The monoisotopic (exact) mass is 517 g/mol. The van der Waals surface area contributed by atoms with Crippen molar-refractivity contribution in [2.75, 3.05) is 16.8 Å². The normalized spacial score (nSPS) is 14.4. The molecule has 0 radical (unpaired) electrons. The van der Waals surface area contributed by atoms with Gasteiger partial charge in [0.05, 0.1) is 16.3 Å².